The number of benzene rings is 1. The summed E-state index contributed by atoms with van der Waals surface area (Å²) in [5.74, 6) is 0. The van der Waals surface area contributed by atoms with Gasteiger partial charge >= 0.3 is 6.09 Å². The molecule has 29 heavy (non-hydrogen) atoms. The quantitative estimate of drug-likeness (QED) is 0.636. The smallest absolute Gasteiger partial charge is 0.410 e. The minimum atomic E-state index is -0.486. The van der Waals surface area contributed by atoms with E-state index in [0.717, 1.165) is 34.3 Å². The first kappa shape index (κ1) is 19.1. The van der Waals surface area contributed by atoms with Crippen molar-refractivity contribution < 1.29 is 9.53 Å². The van der Waals surface area contributed by atoms with Crippen LogP contribution in [0.15, 0.2) is 54.9 Å². The van der Waals surface area contributed by atoms with E-state index in [-0.39, 0.29) is 6.09 Å². The van der Waals surface area contributed by atoms with Crippen molar-refractivity contribution in [3.05, 3.63) is 60.4 Å². The number of fused-ring (bicyclic) bond motifs is 1. The number of amides is 1. The molecule has 0 spiro atoms. The van der Waals surface area contributed by atoms with Gasteiger partial charge in [0, 0.05) is 24.8 Å². The molecule has 0 saturated carbocycles. The summed E-state index contributed by atoms with van der Waals surface area (Å²) in [5.41, 5.74) is 4.91. The lowest BCUT2D eigenvalue weighted by Crippen LogP contribution is -2.39. The van der Waals surface area contributed by atoms with Crippen molar-refractivity contribution in [3.8, 4) is 11.3 Å². The second-order valence-electron chi connectivity index (χ2n) is 8.09. The highest BCUT2D eigenvalue weighted by molar-refractivity contribution is 5.79. The second-order valence-corrected chi connectivity index (χ2v) is 8.09. The largest absolute Gasteiger partial charge is 0.444 e. The molecule has 2 aromatic heterocycles. The maximum absolute atomic E-state index is 12.2. The summed E-state index contributed by atoms with van der Waals surface area (Å²) >= 11 is 0. The Labute approximate surface area is 170 Å². The fraction of sp³-hybridized carbons (Fsp3) is 0.304. The maximum atomic E-state index is 12.2. The van der Waals surface area contributed by atoms with Gasteiger partial charge in [0.1, 0.15) is 11.1 Å². The molecular formula is C23H24N4O2. The highest BCUT2D eigenvalue weighted by Crippen LogP contribution is 2.25. The summed E-state index contributed by atoms with van der Waals surface area (Å²) in [4.78, 5) is 27.7. The average molecular weight is 388 g/mol. The van der Waals surface area contributed by atoms with Crippen molar-refractivity contribution in [2.24, 2.45) is 0 Å². The number of hydrogen-bond donors (Lipinski definition) is 0. The highest BCUT2D eigenvalue weighted by atomic mass is 16.6. The van der Waals surface area contributed by atoms with Crippen molar-refractivity contribution in [1.29, 1.82) is 0 Å². The van der Waals surface area contributed by atoms with Gasteiger partial charge in [-0.2, -0.15) is 0 Å². The Hall–Kier alpha value is -3.28. The molecule has 0 bridgehead atoms. The van der Waals surface area contributed by atoms with Crippen LogP contribution in [0.4, 0.5) is 4.79 Å². The van der Waals surface area contributed by atoms with Crippen LogP contribution < -0.4 is 0 Å². The number of nitrogens with zero attached hydrogens (tertiary/aromatic N) is 4. The zero-order chi connectivity index (χ0) is 20.4. The number of carbonyl (C=O) groups excluding carboxylic acids is 1. The zero-order valence-electron chi connectivity index (χ0n) is 16.9. The minimum Gasteiger partial charge on any atom is -0.444 e. The number of carbonyl (C=O) groups is 1. The maximum Gasteiger partial charge on any atom is 0.410 e. The molecule has 4 rings (SSSR count). The third-order valence-corrected chi connectivity index (χ3v) is 4.70. The first-order valence-corrected chi connectivity index (χ1v) is 9.75. The van der Waals surface area contributed by atoms with Crippen LogP contribution in [0.25, 0.3) is 28.0 Å². The molecule has 1 aromatic carbocycles. The molecular weight excluding hydrogens is 364 g/mol. The number of pyridine rings is 1. The molecule has 0 fully saturated rings. The number of rotatable bonds is 2. The van der Waals surface area contributed by atoms with Crippen LogP contribution in [0.3, 0.4) is 0 Å². The molecule has 3 aromatic rings. The van der Waals surface area contributed by atoms with Crippen LogP contribution in [0.5, 0.6) is 0 Å². The second kappa shape index (κ2) is 7.62. The molecule has 1 amide bonds. The van der Waals surface area contributed by atoms with E-state index in [1.165, 1.54) is 0 Å². The summed E-state index contributed by atoms with van der Waals surface area (Å²) in [6.45, 7) is 6.78. The topological polar surface area (TPSA) is 68.2 Å². The summed E-state index contributed by atoms with van der Waals surface area (Å²) in [6.07, 6.45) is 6.15. The molecule has 0 saturated heterocycles. The molecule has 6 heteroatoms. The van der Waals surface area contributed by atoms with Crippen molar-refractivity contribution in [2.45, 2.75) is 32.8 Å². The van der Waals surface area contributed by atoms with E-state index in [9.17, 15) is 4.79 Å². The monoisotopic (exact) mass is 388 g/mol. The third kappa shape index (κ3) is 4.42. The minimum absolute atomic E-state index is 0.274. The zero-order valence-corrected chi connectivity index (χ0v) is 16.9. The van der Waals surface area contributed by atoms with Crippen LogP contribution in [0.1, 0.15) is 32.8 Å². The molecule has 0 aliphatic carbocycles. The Morgan fingerprint density at radius 3 is 2.55 bits per heavy atom. The van der Waals surface area contributed by atoms with Crippen LogP contribution >= 0.6 is 0 Å². The molecule has 0 atom stereocenters. The molecule has 0 N–H and O–H groups in total. The molecule has 1 aliphatic rings. The Bertz CT molecular complexity index is 1070. The number of ether oxygens (including phenoxy) is 1. The van der Waals surface area contributed by atoms with E-state index < -0.39 is 5.60 Å². The Morgan fingerprint density at radius 2 is 1.86 bits per heavy atom. The van der Waals surface area contributed by atoms with Gasteiger partial charge < -0.3 is 9.64 Å². The lowest BCUT2D eigenvalue weighted by Gasteiger charge is -2.29. The van der Waals surface area contributed by atoms with Crippen molar-refractivity contribution in [3.63, 3.8) is 0 Å². The van der Waals surface area contributed by atoms with E-state index >= 15 is 0 Å². The SMILES string of the molecule is CC(C)(C)OC(=O)N1CC=C(c2cnc3nc(-c4ccccc4)cnc3c2)CC1. The van der Waals surface area contributed by atoms with Crippen molar-refractivity contribution >= 4 is 22.8 Å². The van der Waals surface area contributed by atoms with Gasteiger partial charge in [-0.15, -0.1) is 0 Å². The molecule has 0 unspecified atom stereocenters. The van der Waals surface area contributed by atoms with Gasteiger partial charge in [0.25, 0.3) is 0 Å². The van der Waals surface area contributed by atoms with Crippen LogP contribution in [0, 0.1) is 0 Å². The summed E-state index contributed by atoms with van der Waals surface area (Å²) in [6, 6.07) is 12.0. The van der Waals surface area contributed by atoms with Gasteiger partial charge in [0.15, 0.2) is 5.65 Å². The van der Waals surface area contributed by atoms with Gasteiger partial charge in [0.05, 0.1) is 11.9 Å². The standard InChI is InChI=1S/C23H24N4O2/c1-23(2,3)29-22(28)27-11-9-16(10-12-27)18-13-19-21(25-14-18)26-20(15-24-19)17-7-5-4-6-8-17/h4-9,13-15H,10-12H2,1-3H3. The average Bonchev–Trinajstić information content (AvgIpc) is 2.72. The lowest BCUT2D eigenvalue weighted by molar-refractivity contribution is 0.0270. The first-order valence-electron chi connectivity index (χ1n) is 9.75. The summed E-state index contributed by atoms with van der Waals surface area (Å²) in [5, 5.41) is 0. The van der Waals surface area contributed by atoms with Crippen LogP contribution in [-0.4, -0.2) is 44.6 Å². The van der Waals surface area contributed by atoms with Gasteiger partial charge in [-0.1, -0.05) is 36.4 Å². The van der Waals surface area contributed by atoms with Gasteiger partial charge in [-0.25, -0.2) is 14.8 Å². The fourth-order valence-electron chi connectivity index (χ4n) is 3.25. The molecule has 0 radical (unpaired) electrons. The van der Waals surface area contributed by atoms with E-state index in [2.05, 4.69) is 21.0 Å². The Balaban J connectivity index is 1.52. The predicted molar refractivity (Wildman–Crippen MR) is 113 cm³/mol. The normalized spacial score (nSPS) is 14.6. The molecule has 6 nitrogen and oxygen atoms in total. The van der Waals surface area contributed by atoms with E-state index in [1.807, 2.05) is 63.4 Å². The van der Waals surface area contributed by atoms with Crippen LogP contribution in [0.2, 0.25) is 0 Å². The van der Waals surface area contributed by atoms with Crippen LogP contribution in [-0.2, 0) is 4.74 Å². The Morgan fingerprint density at radius 1 is 1.07 bits per heavy atom. The van der Waals surface area contributed by atoms with Gasteiger partial charge in [-0.3, -0.25) is 4.98 Å². The number of hydrogen-bond acceptors (Lipinski definition) is 5. The van der Waals surface area contributed by atoms with E-state index in [1.54, 1.807) is 11.1 Å². The highest BCUT2D eigenvalue weighted by Gasteiger charge is 2.24. The molecule has 148 valence electrons. The first-order chi connectivity index (χ1) is 13.9. The predicted octanol–water partition coefficient (Wildman–Crippen LogP) is 4.72. The Kier molecular flexibility index (Phi) is 5.01. The number of aromatic nitrogens is 3. The summed E-state index contributed by atoms with van der Waals surface area (Å²) < 4.78 is 5.45. The lowest BCUT2D eigenvalue weighted by atomic mass is 10.0. The van der Waals surface area contributed by atoms with Crippen molar-refractivity contribution in [2.75, 3.05) is 13.1 Å². The summed E-state index contributed by atoms with van der Waals surface area (Å²) in [7, 11) is 0. The van der Waals surface area contributed by atoms with Crippen molar-refractivity contribution in [1.82, 2.24) is 19.9 Å². The van der Waals surface area contributed by atoms with E-state index in [0.29, 0.717) is 18.7 Å². The fourth-order valence-corrected chi connectivity index (χ4v) is 3.25. The molecule has 3 heterocycles. The molecule has 1 aliphatic heterocycles. The van der Waals surface area contributed by atoms with Gasteiger partial charge in [-0.05, 0) is 44.4 Å². The van der Waals surface area contributed by atoms with Gasteiger partial charge in [0.2, 0.25) is 0 Å². The third-order valence-electron chi connectivity index (χ3n) is 4.70. The van der Waals surface area contributed by atoms with E-state index in [4.69, 9.17) is 4.74 Å².